The van der Waals surface area contributed by atoms with Crippen molar-refractivity contribution in [2.45, 2.75) is 26.2 Å². The van der Waals surface area contributed by atoms with Gasteiger partial charge in [0.1, 0.15) is 6.54 Å². The minimum absolute atomic E-state index is 0.190. The molecule has 0 bridgehead atoms. The second-order valence-electron chi connectivity index (χ2n) is 4.24. The van der Waals surface area contributed by atoms with Gasteiger partial charge in [-0.15, -0.1) is 0 Å². The number of hydrogen-bond acceptors (Lipinski definition) is 4. The molecule has 1 rings (SSSR count). The summed E-state index contributed by atoms with van der Waals surface area (Å²) in [5.41, 5.74) is 0.935. The Kier molecular flexibility index (Phi) is 7.11. The maximum absolute atomic E-state index is 11.7. The van der Waals surface area contributed by atoms with Crippen LogP contribution in [0.2, 0.25) is 0 Å². The molecule has 0 saturated carbocycles. The van der Waals surface area contributed by atoms with E-state index in [1.54, 1.807) is 0 Å². The van der Waals surface area contributed by atoms with Crippen LogP contribution >= 0.6 is 0 Å². The van der Waals surface area contributed by atoms with E-state index < -0.39 is 0 Å². The first-order valence-electron chi connectivity index (χ1n) is 6.60. The van der Waals surface area contributed by atoms with Gasteiger partial charge >= 0.3 is 5.97 Å². The van der Waals surface area contributed by atoms with Crippen LogP contribution in [0.15, 0.2) is 30.3 Å². The van der Waals surface area contributed by atoms with E-state index in [4.69, 9.17) is 10.00 Å². The maximum atomic E-state index is 11.7. The van der Waals surface area contributed by atoms with Crippen molar-refractivity contribution in [1.82, 2.24) is 0 Å². The Hall–Kier alpha value is -2.02. The predicted molar refractivity (Wildman–Crippen MR) is 74.8 cm³/mol. The standard InChI is InChI=1S/C15H20N2O2/c1-2-3-12-19-15(18)13-17(11-7-10-16)14-8-5-4-6-9-14/h4-6,8-9H,2-3,7,11-13H2,1H3. The largest absolute Gasteiger partial charge is 0.464 e. The summed E-state index contributed by atoms with van der Waals surface area (Å²) in [5, 5.41) is 8.68. The highest BCUT2D eigenvalue weighted by atomic mass is 16.5. The molecular weight excluding hydrogens is 240 g/mol. The summed E-state index contributed by atoms with van der Waals surface area (Å²) in [6, 6.07) is 11.7. The SMILES string of the molecule is CCCCOC(=O)CN(CCC#N)c1ccccc1. The van der Waals surface area contributed by atoms with Gasteiger partial charge < -0.3 is 9.64 Å². The van der Waals surface area contributed by atoms with Crippen LogP contribution in [-0.4, -0.2) is 25.7 Å². The molecule has 19 heavy (non-hydrogen) atoms. The summed E-state index contributed by atoms with van der Waals surface area (Å²) >= 11 is 0. The number of esters is 1. The molecule has 0 aliphatic heterocycles. The van der Waals surface area contributed by atoms with Gasteiger partial charge in [0.15, 0.2) is 0 Å². The molecule has 0 unspecified atom stereocenters. The average Bonchev–Trinajstić information content (AvgIpc) is 2.44. The van der Waals surface area contributed by atoms with Gasteiger partial charge in [0.2, 0.25) is 0 Å². The minimum Gasteiger partial charge on any atom is -0.464 e. The molecule has 0 fully saturated rings. The summed E-state index contributed by atoms with van der Waals surface area (Å²) in [6.07, 6.45) is 2.27. The summed E-state index contributed by atoms with van der Waals surface area (Å²) in [6.45, 7) is 3.24. The van der Waals surface area contributed by atoms with Gasteiger partial charge in [-0.3, -0.25) is 4.79 Å². The topological polar surface area (TPSA) is 53.3 Å². The third-order valence-electron chi connectivity index (χ3n) is 2.70. The fraction of sp³-hybridized carbons (Fsp3) is 0.467. The number of carbonyl (C=O) groups is 1. The Morgan fingerprint density at radius 3 is 2.74 bits per heavy atom. The zero-order valence-electron chi connectivity index (χ0n) is 11.3. The van der Waals surface area contributed by atoms with Crippen molar-refractivity contribution in [3.8, 4) is 6.07 Å². The van der Waals surface area contributed by atoms with E-state index in [1.807, 2.05) is 35.2 Å². The molecule has 0 saturated heterocycles. The molecule has 1 aromatic carbocycles. The maximum Gasteiger partial charge on any atom is 0.325 e. The first-order valence-corrected chi connectivity index (χ1v) is 6.60. The summed E-state index contributed by atoms with van der Waals surface area (Å²) < 4.78 is 5.15. The van der Waals surface area contributed by atoms with Crippen LogP contribution in [0.4, 0.5) is 5.69 Å². The van der Waals surface area contributed by atoms with E-state index in [2.05, 4.69) is 13.0 Å². The van der Waals surface area contributed by atoms with Gasteiger partial charge in [0.05, 0.1) is 19.1 Å². The highest BCUT2D eigenvalue weighted by Crippen LogP contribution is 2.13. The molecule has 0 spiro atoms. The molecule has 1 aromatic rings. The van der Waals surface area contributed by atoms with Crippen molar-refractivity contribution in [3.63, 3.8) is 0 Å². The third kappa shape index (κ3) is 5.91. The lowest BCUT2D eigenvalue weighted by Gasteiger charge is -2.22. The lowest BCUT2D eigenvalue weighted by Crippen LogP contribution is -2.31. The molecule has 0 heterocycles. The van der Waals surface area contributed by atoms with Crippen LogP contribution in [0.1, 0.15) is 26.2 Å². The first kappa shape index (κ1) is 15.0. The van der Waals surface area contributed by atoms with Gasteiger partial charge in [0, 0.05) is 12.2 Å². The van der Waals surface area contributed by atoms with Crippen LogP contribution in [-0.2, 0) is 9.53 Å². The highest BCUT2D eigenvalue weighted by molar-refractivity contribution is 5.75. The number of anilines is 1. The van der Waals surface area contributed by atoms with E-state index in [1.165, 1.54) is 0 Å². The third-order valence-corrected chi connectivity index (χ3v) is 2.70. The van der Waals surface area contributed by atoms with Crippen molar-refractivity contribution in [2.24, 2.45) is 0 Å². The number of carbonyl (C=O) groups excluding carboxylic acids is 1. The van der Waals surface area contributed by atoms with Crippen molar-refractivity contribution < 1.29 is 9.53 Å². The van der Waals surface area contributed by atoms with Gasteiger partial charge in [-0.2, -0.15) is 5.26 Å². The van der Waals surface area contributed by atoms with Crippen molar-refractivity contribution in [2.75, 3.05) is 24.6 Å². The smallest absolute Gasteiger partial charge is 0.325 e. The first-order chi connectivity index (χ1) is 9.27. The predicted octanol–water partition coefficient (Wildman–Crippen LogP) is 2.75. The van der Waals surface area contributed by atoms with E-state index in [0.717, 1.165) is 18.5 Å². The summed E-state index contributed by atoms with van der Waals surface area (Å²) in [4.78, 5) is 13.6. The molecule has 4 nitrogen and oxygen atoms in total. The Balaban J connectivity index is 2.55. The second kappa shape index (κ2) is 8.98. The van der Waals surface area contributed by atoms with Gasteiger partial charge in [-0.05, 0) is 18.6 Å². The van der Waals surface area contributed by atoms with Crippen LogP contribution in [0, 0.1) is 11.3 Å². The Bertz CT molecular complexity index is 412. The molecule has 0 atom stereocenters. The second-order valence-corrected chi connectivity index (χ2v) is 4.24. The Morgan fingerprint density at radius 2 is 2.11 bits per heavy atom. The molecule has 0 radical (unpaired) electrons. The number of benzene rings is 1. The Labute approximate surface area is 114 Å². The molecule has 0 aromatic heterocycles. The lowest BCUT2D eigenvalue weighted by atomic mass is 10.2. The molecule has 0 N–H and O–H groups in total. The van der Waals surface area contributed by atoms with Crippen LogP contribution < -0.4 is 4.90 Å². The zero-order valence-corrected chi connectivity index (χ0v) is 11.3. The van der Waals surface area contributed by atoms with Gasteiger partial charge in [-0.1, -0.05) is 31.5 Å². The quantitative estimate of drug-likeness (QED) is 0.532. The fourth-order valence-electron chi connectivity index (χ4n) is 1.66. The number of ether oxygens (including phenoxy) is 1. The van der Waals surface area contributed by atoms with Crippen molar-refractivity contribution in [3.05, 3.63) is 30.3 Å². The van der Waals surface area contributed by atoms with E-state index in [9.17, 15) is 4.79 Å². The van der Waals surface area contributed by atoms with Gasteiger partial charge in [-0.25, -0.2) is 0 Å². The fourth-order valence-corrected chi connectivity index (χ4v) is 1.66. The molecular formula is C15H20N2O2. The Morgan fingerprint density at radius 1 is 1.37 bits per heavy atom. The number of para-hydroxylation sites is 1. The average molecular weight is 260 g/mol. The van der Waals surface area contributed by atoms with Crippen LogP contribution in [0.25, 0.3) is 0 Å². The lowest BCUT2D eigenvalue weighted by molar-refractivity contribution is -0.142. The van der Waals surface area contributed by atoms with Gasteiger partial charge in [0.25, 0.3) is 0 Å². The normalized spacial score (nSPS) is 9.68. The minimum atomic E-state index is -0.241. The van der Waals surface area contributed by atoms with Crippen LogP contribution in [0.5, 0.6) is 0 Å². The van der Waals surface area contributed by atoms with Crippen LogP contribution in [0.3, 0.4) is 0 Å². The highest BCUT2D eigenvalue weighted by Gasteiger charge is 2.12. The zero-order chi connectivity index (χ0) is 13.9. The van der Waals surface area contributed by atoms with Crippen molar-refractivity contribution >= 4 is 11.7 Å². The monoisotopic (exact) mass is 260 g/mol. The molecule has 0 aliphatic rings. The molecule has 102 valence electrons. The number of rotatable bonds is 8. The van der Waals surface area contributed by atoms with Crippen molar-refractivity contribution in [1.29, 1.82) is 5.26 Å². The van der Waals surface area contributed by atoms with E-state index >= 15 is 0 Å². The van der Waals surface area contributed by atoms with E-state index in [0.29, 0.717) is 19.6 Å². The molecule has 4 heteroatoms. The summed E-state index contributed by atoms with van der Waals surface area (Å²) in [7, 11) is 0. The summed E-state index contributed by atoms with van der Waals surface area (Å²) in [5.74, 6) is -0.241. The molecule has 0 amide bonds. The molecule has 0 aliphatic carbocycles. The number of unbranched alkanes of at least 4 members (excludes halogenated alkanes) is 1. The number of nitrogens with zero attached hydrogens (tertiary/aromatic N) is 2. The van der Waals surface area contributed by atoms with E-state index in [-0.39, 0.29) is 12.5 Å². The number of nitriles is 1. The number of hydrogen-bond donors (Lipinski definition) is 0.